The number of benzene rings is 1. The van der Waals surface area contributed by atoms with Gasteiger partial charge in [-0.25, -0.2) is 0 Å². The number of fused-ring (bicyclic) bond motifs is 2. The minimum atomic E-state index is -0.00407. The van der Waals surface area contributed by atoms with Gasteiger partial charge in [0.25, 0.3) is 5.91 Å². The number of rotatable bonds is 4. The van der Waals surface area contributed by atoms with Crippen LogP contribution in [0.2, 0.25) is 0 Å². The molecule has 1 aliphatic carbocycles. The molecule has 0 bridgehead atoms. The average molecular weight is 356 g/mol. The minimum absolute atomic E-state index is 0.00407. The maximum atomic E-state index is 12.8. The fourth-order valence-corrected chi connectivity index (χ4v) is 5.03. The van der Waals surface area contributed by atoms with Gasteiger partial charge in [0.1, 0.15) is 11.9 Å². The van der Waals surface area contributed by atoms with Crippen LogP contribution in [0.25, 0.3) is 0 Å². The van der Waals surface area contributed by atoms with Crippen LogP contribution in [0.1, 0.15) is 33.5 Å². The van der Waals surface area contributed by atoms with Crippen molar-refractivity contribution < 1.29 is 9.53 Å². The number of aryl methyl sites for hydroxylation is 2. The molecular formula is C20H24N2O2S. The molecule has 2 aromatic rings. The second-order valence-corrected chi connectivity index (χ2v) is 7.98. The van der Waals surface area contributed by atoms with Gasteiger partial charge in [-0.2, -0.15) is 0 Å². The zero-order valence-electron chi connectivity index (χ0n) is 14.8. The van der Waals surface area contributed by atoms with Crippen molar-refractivity contribution in [3.63, 3.8) is 0 Å². The Morgan fingerprint density at radius 3 is 3.00 bits per heavy atom. The lowest BCUT2D eigenvalue weighted by Gasteiger charge is -2.37. The second-order valence-electron chi connectivity index (χ2n) is 6.84. The highest BCUT2D eigenvalue weighted by Crippen LogP contribution is 2.34. The third kappa shape index (κ3) is 3.13. The largest absolute Gasteiger partial charge is 0.485 e. The molecule has 1 aromatic heterocycles. The predicted molar refractivity (Wildman–Crippen MR) is 102 cm³/mol. The average Bonchev–Trinajstić information content (AvgIpc) is 3.22. The Labute approximate surface area is 153 Å². The molecule has 4 rings (SSSR count). The Bertz CT molecular complexity index is 764. The number of para-hydroxylation sites is 2. The van der Waals surface area contributed by atoms with E-state index in [4.69, 9.17) is 4.74 Å². The van der Waals surface area contributed by atoms with Gasteiger partial charge >= 0.3 is 0 Å². The summed E-state index contributed by atoms with van der Waals surface area (Å²) in [4.78, 5) is 19.2. The van der Waals surface area contributed by atoms with Crippen LogP contribution in [-0.4, -0.2) is 43.6 Å². The molecule has 1 aromatic carbocycles. The van der Waals surface area contributed by atoms with Crippen LogP contribution in [0, 0.1) is 0 Å². The van der Waals surface area contributed by atoms with E-state index in [1.54, 1.807) is 11.3 Å². The summed E-state index contributed by atoms with van der Waals surface area (Å²) in [6.45, 7) is 4.51. The van der Waals surface area contributed by atoms with Gasteiger partial charge < -0.3 is 14.5 Å². The molecule has 0 N–H and O–H groups in total. The molecule has 0 saturated carbocycles. The number of carbonyl (C=O) groups is 1. The smallest absolute Gasteiger partial charge is 0.263 e. The quantitative estimate of drug-likeness (QED) is 0.839. The molecule has 0 unspecified atom stereocenters. The van der Waals surface area contributed by atoms with Crippen molar-refractivity contribution in [2.24, 2.45) is 0 Å². The molecule has 5 heteroatoms. The molecule has 2 aliphatic rings. The van der Waals surface area contributed by atoms with Gasteiger partial charge in [-0.1, -0.05) is 12.1 Å². The summed E-state index contributed by atoms with van der Waals surface area (Å²) in [6.07, 6.45) is 3.48. The predicted octanol–water partition coefficient (Wildman–Crippen LogP) is 3.60. The van der Waals surface area contributed by atoms with E-state index in [-0.39, 0.29) is 12.0 Å². The number of hydrogen-bond acceptors (Lipinski definition) is 4. The van der Waals surface area contributed by atoms with Crippen LogP contribution in [-0.2, 0) is 12.8 Å². The van der Waals surface area contributed by atoms with E-state index < -0.39 is 0 Å². The van der Waals surface area contributed by atoms with Crippen molar-refractivity contribution in [3.05, 3.63) is 45.6 Å². The van der Waals surface area contributed by atoms with E-state index in [0.29, 0.717) is 6.54 Å². The summed E-state index contributed by atoms with van der Waals surface area (Å²) in [5.41, 5.74) is 2.52. The molecular weight excluding hydrogens is 332 g/mol. The third-order valence-corrected chi connectivity index (χ3v) is 6.31. The molecule has 1 aliphatic heterocycles. The van der Waals surface area contributed by atoms with E-state index in [2.05, 4.69) is 24.0 Å². The number of hydrogen-bond donors (Lipinski definition) is 0. The van der Waals surface area contributed by atoms with E-state index in [9.17, 15) is 4.79 Å². The number of thiophene rings is 1. The Kier molecular flexibility index (Phi) is 4.42. The Morgan fingerprint density at radius 1 is 1.36 bits per heavy atom. The Morgan fingerprint density at radius 2 is 2.20 bits per heavy atom. The van der Waals surface area contributed by atoms with Crippen LogP contribution in [0.3, 0.4) is 0 Å². The summed E-state index contributed by atoms with van der Waals surface area (Å²) in [5.74, 6) is 1.03. The molecule has 1 amide bonds. The number of anilines is 1. The number of likely N-dealkylation sites (N-methyl/N-ethyl adjacent to an activating group) is 2. The summed E-state index contributed by atoms with van der Waals surface area (Å²) >= 11 is 1.67. The standard InChI is InChI=1S/C20H24N2O2S/c1-3-22-13-15(24-17-9-5-4-8-16(17)22)12-21(2)20(23)19-11-14-7-6-10-18(14)25-19/h4-5,8-9,11,15H,3,6-7,10,12-13H2,1-2H3/t15-/m0/s1. The van der Waals surface area contributed by atoms with Crippen LogP contribution < -0.4 is 9.64 Å². The van der Waals surface area contributed by atoms with Gasteiger partial charge in [0.15, 0.2) is 0 Å². The monoisotopic (exact) mass is 356 g/mol. The Hall–Kier alpha value is -2.01. The zero-order chi connectivity index (χ0) is 17.4. The van der Waals surface area contributed by atoms with Gasteiger partial charge in [0.05, 0.1) is 23.7 Å². The first-order valence-corrected chi connectivity index (χ1v) is 9.85. The van der Waals surface area contributed by atoms with E-state index >= 15 is 0 Å². The van der Waals surface area contributed by atoms with Crippen molar-refractivity contribution in [1.29, 1.82) is 0 Å². The second kappa shape index (κ2) is 6.71. The number of ether oxygens (including phenoxy) is 1. The van der Waals surface area contributed by atoms with Gasteiger partial charge in [0.2, 0.25) is 0 Å². The van der Waals surface area contributed by atoms with Gasteiger partial charge in [0, 0.05) is 18.5 Å². The van der Waals surface area contributed by atoms with Crippen molar-refractivity contribution in [2.75, 3.05) is 31.6 Å². The van der Waals surface area contributed by atoms with Gasteiger partial charge in [-0.15, -0.1) is 11.3 Å². The van der Waals surface area contributed by atoms with Crippen molar-refractivity contribution in [1.82, 2.24) is 4.90 Å². The molecule has 0 radical (unpaired) electrons. The third-order valence-electron chi connectivity index (χ3n) is 5.09. The normalized spacial score (nSPS) is 18.5. The van der Waals surface area contributed by atoms with Gasteiger partial charge in [-0.05, 0) is 49.9 Å². The molecule has 2 heterocycles. The van der Waals surface area contributed by atoms with E-state index in [1.165, 1.54) is 16.9 Å². The number of carbonyl (C=O) groups excluding carboxylic acids is 1. The first-order chi connectivity index (χ1) is 12.2. The minimum Gasteiger partial charge on any atom is -0.485 e. The van der Waals surface area contributed by atoms with Gasteiger partial charge in [-0.3, -0.25) is 4.79 Å². The van der Waals surface area contributed by atoms with Crippen LogP contribution in [0.15, 0.2) is 30.3 Å². The highest BCUT2D eigenvalue weighted by Gasteiger charge is 2.28. The fraction of sp³-hybridized carbons (Fsp3) is 0.450. The zero-order valence-corrected chi connectivity index (χ0v) is 15.6. The first-order valence-electron chi connectivity index (χ1n) is 9.03. The summed E-state index contributed by atoms with van der Waals surface area (Å²) < 4.78 is 6.15. The maximum absolute atomic E-state index is 12.8. The van der Waals surface area contributed by atoms with E-state index in [0.717, 1.165) is 42.2 Å². The Balaban J connectivity index is 1.45. The molecule has 132 valence electrons. The van der Waals surface area contributed by atoms with Crippen LogP contribution in [0.5, 0.6) is 5.75 Å². The number of nitrogens with zero attached hydrogens (tertiary/aromatic N) is 2. The van der Waals surface area contributed by atoms with Crippen LogP contribution in [0.4, 0.5) is 5.69 Å². The lowest BCUT2D eigenvalue weighted by Crippen LogP contribution is -2.46. The molecule has 0 saturated heterocycles. The van der Waals surface area contributed by atoms with Crippen molar-refractivity contribution in [2.45, 2.75) is 32.3 Å². The highest BCUT2D eigenvalue weighted by molar-refractivity contribution is 7.14. The lowest BCUT2D eigenvalue weighted by atomic mass is 10.1. The number of amides is 1. The first kappa shape index (κ1) is 16.5. The molecule has 0 fully saturated rings. The highest BCUT2D eigenvalue weighted by atomic mass is 32.1. The van der Waals surface area contributed by atoms with Crippen molar-refractivity contribution >= 4 is 22.9 Å². The summed E-state index contributed by atoms with van der Waals surface area (Å²) in [6, 6.07) is 10.2. The molecule has 0 spiro atoms. The summed E-state index contributed by atoms with van der Waals surface area (Å²) in [5, 5.41) is 0. The van der Waals surface area contributed by atoms with Crippen LogP contribution >= 0.6 is 11.3 Å². The maximum Gasteiger partial charge on any atom is 0.263 e. The molecule has 4 nitrogen and oxygen atoms in total. The topological polar surface area (TPSA) is 32.8 Å². The molecule has 1 atom stereocenters. The lowest BCUT2D eigenvalue weighted by molar-refractivity contribution is 0.0714. The van der Waals surface area contributed by atoms with E-state index in [1.807, 2.05) is 30.1 Å². The fourth-order valence-electron chi connectivity index (χ4n) is 3.78. The summed E-state index contributed by atoms with van der Waals surface area (Å²) in [7, 11) is 1.88. The van der Waals surface area contributed by atoms with Crippen molar-refractivity contribution in [3.8, 4) is 5.75 Å². The SMILES string of the molecule is CCN1C[C@H](CN(C)C(=O)c2cc3c(s2)CCC3)Oc2ccccc21. The molecule has 25 heavy (non-hydrogen) atoms.